The molecule has 0 bridgehead atoms. The van der Waals surface area contributed by atoms with E-state index in [0.717, 1.165) is 0 Å². The Bertz CT molecular complexity index is 620. The third-order valence-electron chi connectivity index (χ3n) is 2.19. The zero-order valence-corrected chi connectivity index (χ0v) is 9.88. The van der Waals surface area contributed by atoms with Crippen molar-refractivity contribution in [3.8, 4) is 11.9 Å². The highest BCUT2D eigenvalue weighted by Crippen LogP contribution is 2.12. The first-order valence-electron chi connectivity index (χ1n) is 5.50. The number of nitrogens with one attached hydrogen (secondary N) is 1. The van der Waals surface area contributed by atoms with Crippen molar-refractivity contribution >= 4 is 11.7 Å². The molecule has 0 unspecified atom stereocenters. The highest BCUT2D eigenvalue weighted by atomic mass is 19.1. The number of hydrogen-bond acceptors (Lipinski definition) is 3. The van der Waals surface area contributed by atoms with Crippen LogP contribution in [0.25, 0.3) is 0 Å². The average molecular weight is 255 g/mol. The molecule has 4 nitrogen and oxygen atoms in total. The number of para-hydroxylation sites is 1. The van der Waals surface area contributed by atoms with Crippen LogP contribution in [0.2, 0.25) is 0 Å². The molecule has 0 radical (unpaired) electrons. The second kappa shape index (κ2) is 6.17. The minimum atomic E-state index is -0.388. The minimum Gasteiger partial charge on any atom is -0.425 e. The number of hydrogen-bond donors (Lipinski definition) is 1. The van der Waals surface area contributed by atoms with E-state index in [1.165, 1.54) is 12.1 Å². The first-order valence-corrected chi connectivity index (χ1v) is 5.50. The number of benzene rings is 2. The summed E-state index contributed by atoms with van der Waals surface area (Å²) in [6.45, 7) is 0. The Kier molecular flexibility index (Phi) is 4.09. The third-order valence-corrected chi connectivity index (χ3v) is 2.19. The summed E-state index contributed by atoms with van der Waals surface area (Å²) in [5, 5.41) is 11.4. The Morgan fingerprint density at radius 2 is 1.95 bits per heavy atom. The zero-order valence-electron chi connectivity index (χ0n) is 9.88. The first kappa shape index (κ1) is 12.6. The molecule has 0 spiro atoms. The van der Waals surface area contributed by atoms with E-state index in [1.807, 2.05) is 6.07 Å². The molecule has 94 valence electrons. The van der Waals surface area contributed by atoms with Crippen molar-refractivity contribution in [2.45, 2.75) is 0 Å². The molecule has 0 aliphatic carbocycles. The fraction of sp³-hybridized carbons (Fsp3) is 0. The molecule has 2 rings (SSSR count). The maximum atomic E-state index is 13.0. The fourth-order valence-electron chi connectivity index (χ4n) is 1.41. The van der Waals surface area contributed by atoms with E-state index in [9.17, 15) is 4.39 Å². The molecule has 0 aromatic heterocycles. The molecule has 0 aliphatic rings. The Morgan fingerprint density at radius 3 is 2.63 bits per heavy atom. The van der Waals surface area contributed by atoms with Crippen molar-refractivity contribution < 1.29 is 9.13 Å². The van der Waals surface area contributed by atoms with Gasteiger partial charge in [-0.05, 0) is 30.3 Å². The number of nitriles is 1. The molecule has 0 heterocycles. The molecule has 2 aromatic carbocycles. The molecule has 0 saturated carbocycles. The van der Waals surface area contributed by atoms with E-state index < -0.39 is 0 Å². The molecule has 5 heteroatoms. The first-order chi connectivity index (χ1) is 9.28. The molecule has 2 aromatic rings. The van der Waals surface area contributed by atoms with Crippen LogP contribution in [0.15, 0.2) is 59.6 Å². The fourth-order valence-corrected chi connectivity index (χ4v) is 1.41. The van der Waals surface area contributed by atoms with Gasteiger partial charge in [-0.25, -0.2) is 4.39 Å². The summed E-state index contributed by atoms with van der Waals surface area (Å²) in [7, 11) is 0. The van der Waals surface area contributed by atoms with Crippen molar-refractivity contribution in [1.29, 1.82) is 5.26 Å². The van der Waals surface area contributed by atoms with Crippen LogP contribution in [0.5, 0.6) is 5.75 Å². The van der Waals surface area contributed by atoms with Crippen molar-refractivity contribution in [2.75, 3.05) is 5.32 Å². The van der Waals surface area contributed by atoms with Crippen molar-refractivity contribution in [2.24, 2.45) is 4.99 Å². The van der Waals surface area contributed by atoms with Crippen molar-refractivity contribution in [3.63, 3.8) is 0 Å². The quantitative estimate of drug-likeness (QED) is 0.509. The number of rotatable bonds is 2. The number of aliphatic imine (C=N–C) groups is 1. The van der Waals surface area contributed by atoms with Gasteiger partial charge in [0.25, 0.3) is 0 Å². The summed E-state index contributed by atoms with van der Waals surface area (Å²) in [5.41, 5.74) is 0.449. The number of anilines is 1. The van der Waals surface area contributed by atoms with Gasteiger partial charge in [-0.3, -0.25) is 0 Å². The standard InChI is InChI=1S/C14H10FN3O/c15-11-5-4-6-12(9-11)18-14(17-10-16)19-13-7-2-1-3-8-13/h1-9H,(H,17,18). The summed E-state index contributed by atoms with van der Waals surface area (Å²) in [6.07, 6.45) is 1.63. The molecular formula is C14H10FN3O. The van der Waals surface area contributed by atoms with E-state index in [1.54, 1.807) is 42.6 Å². The smallest absolute Gasteiger partial charge is 0.310 e. The van der Waals surface area contributed by atoms with Gasteiger partial charge in [0, 0.05) is 5.69 Å². The lowest BCUT2D eigenvalue weighted by molar-refractivity contribution is 0.549. The lowest BCUT2D eigenvalue weighted by Gasteiger charge is -2.09. The van der Waals surface area contributed by atoms with E-state index >= 15 is 0 Å². The van der Waals surface area contributed by atoms with E-state index in [0.29, 0.717) is 11.4 Å². The number of halogens is 1. The van der Waals surface area contributed by atoms with Gasteiger partial charge >= 0.3 is 6.02 Å². The van der Waals surface area contributed by atoms with Crippen LogP contribution in [0.3, 0.4) is 0 Å². The van der Waals surface area contributed by atoms with Crippen molar-refractivity contribution in [3.05, 3.63) is 60.4 Å². The second-order valence-corrected chi connectivity index (χ2v) is 3.57. The molecule has 0 aliphatic heterocycles. The average Bonchev–Trinajstić information content (AvgIpc) is 2.40. The Morgan fingerprint density at radius 1 is 1.16 bits per heavy atom. The SMILES string of the molecule is N#C/N=C(\Nc1cccc(F)c1)Oc1ccccc1. The van der Waals surface area contributed by atoms with Crippen LogP contribution in [0.1, 0.15) is 0 Å². The number of amidine groups is 1. The summed E-state index contributed by atoms with van der Waals surface area (Å²) in [5.74, 6) is 0.140. The van der Waals surface area contributed by atoms with Crippen LogP contribution in [-0.2, 0) is 0 Å². The van der Waals surface area contributed by atoms with Gasteiger partial charge in [-0.1, -0.05) is 24.3 Å². The molecule has 0 fully saturated rings. The van der Waals surface area contributed by atoms with Gasteiger partial charge in [-0.2, -0.15) is 5.26 Å². The normalized spacial score (nSPS) is 10.6. The maximum absolute atomic E-state index is 13.0. The Balaban J connectivity index is 2.14. The maximum Gasteiger partial charge on any atom is 0.310 e. The third kappa shape index (κ3) is 3.82. The summed E-state index contributed by atoms with van der Waals surface area (Å²) in [6, 6.07) is 14.6. The monoisotopic (exact) mass is 255 g/mol. The summed E-state index contributed by atoms with van der Waals surface area (Å²) >= 11 is 0. The Labute approximate surface area is 109 Å². The van der Waals surface area contributed by atoms with Gasteiger partial charge in [0.15, 0.2) is 0 Å². The lowest BCUT2D eigenvalue weighted by Crippen LogP contribution is -2.19. The highest BCUT2D eigenvalue weighted by Gasteiger charge is 2.04. The van der Waals surface area contributed by atoms with E-state index in [-0.39, 0.29) is 11.8 Å². The lowest BCUT2D eigenvalue weighted by atomic mass is 10.3. The number of nitrogens with zero attached hydrogens (tertiary/aromatic N) is 2. The molecule has 1 N–H and O–H groups in total. The highest BCUT2D eigenvalue weighted by molar-refractivity contribution is 5.91. The Hall–Kier alpha value is -2.87. The van der Waals surface area contributed by atoms with Crippen LogP contribution in [0, 0.1) is 17.3 Å². The topological polar surface area (TPSA) is 57.4 Å². The van der Waals surface area contributed by atoms with Gasteiger partial charge in [0.1, 0.15) is 11.6 Å². The molecule has 0 amide bonds. The van der Waals surface area contributed by atoms with Gasteiger partial charge < -0.3 is 10.1 Å². The molecule has 19 heavy (non-hydrogen) atoms. The predicted molar refractivity (Wildman–Crippen MR) is 70.1 cm³/mol. The summed E-state index contributed by atoms with van der Waals surface area (Å²) in [4.78, 5) is 3.51. The minimum absolute atomic E-state index is 0.0145. The molecule has 0 atom stereocenters. The van der Waals surface area contributed by atoms with Gasteiger partial charge in [0.05, 0.1) is 0 Å². The zero-order chi connectivity index (χ0) is 13.5. The van der Waals surface area contributed by atoms with Gasteiger partial charge in [0.2, 0.25) is 6.19 Å². The van der Waals surface area contributed by atoms with Crippen LogP contribution in [-0.4, -0.2) is 6.02 Å². The largest absolute Gasteiger partial charge is 0.425 e. The molecular weight excluding hydrogens is 245 g/mol. The van der Waals surface area contributed by atoms with Crippen molar-refractivity contribution in [1.82, 2.24) is 0 Å². The van der Waals surface area contributed by atoms with E-state index in [4.69, 9.17) is 10.00 Å². The summed E-state index contributed by atoms with van der Waals surface area (Å²) < 4.78 is 18.4. The van der Waals surface area contributed by atoms with Gasteiger partial charge in [-0.15, -0.1) is 4.99 Å². The second-order valence-electron chi connectivity index (χ2n) is 3.57. The van der Waals surface area contributed by atoms with Crippen LogP contribution in [0.4, 0.5) is 10.1 Å². The number of ether oxygens (including phenoxy) is 1. The van der Waals surface area contributed by atoms with E-state index in [2.05, 4.69) is 10.3 Å². The van der Waals surface area contributed by atoms with Crippen LogP contribution >= 0.6 is 0 Å². The van der Waals surface area contributed by atoms with Crippen LogP contribution < -0.4 is 10.1 Å². The predicted octanol–water partition coefficient (Wildman–Crippen LogP) is 3.15. The molecule has 0 saturated heterocycles.